The Morgan fingerprint density at radius 1 is 1.10 bits per heavy atom. The van der Waals surface area contributed by atoms with Crippen molar-refractivity contribution in [3.63, 3.8) is 0 Å². The molecule has 0 spiro atoms. The molecule has 0 saturated carbocycles. The lowest BCUT2D eigenvalue weighted by atomic mass is 9.96. The SMILES string of the molecule is COC(=O)[C@H](CC(=O)C[C@@H]1C[C@H](c2ccc(C(=N)N)cc2)N(Cc2ccccc2)O1)NS(=O)(=O)c1cccc(C)c1. The summed E-state index contributed by atoms with van der Waals surface area (Å²) in [5.74, 6) is -1.22. The highest BCUT2D eigenvalue weighted by Crippen LogP contribution is 2.37. The van der Waals surface area contributed by atoms with Crippen LogP contribution >= 0.6 is 0 Å². The number of hydrogen-bond donors (Lipinski definition) is 3. The van der Waals surface area contributed by atoms with Crippen LogP contribution in [0.3, 0.4) is 0 Å². The molecule has 0 amide bonds. The number of esters is 1. The lowest BCUT2D eigenvalue weighted by Crippen LogP contribution is -2.43. The fraction of sp³-hybridized carbons (Fsp3) is 0.300. The maximum absolute atomic E-state index is 13.2. The van der Waals surface area contributed by atoms with Gasteiger partial charge >= 0.3 is 5.97 Å². The average molecular weight is 579 g/mol. The third-order valence-corrected chi connectivity index (χ3v) is 8.35. The highest BCUT2D eigenvalue weighted by Gasteiger charge is 2.37. The molecule has 0 aliphatic carbocycles. The number of aryl methyl sites for hydroxylation is 1. The first-order valence-corrected chi connectivity index (χ1v) is 14.6. The van der Waals surface area contributed by atoms with E-state index in [2.05, 4.69) is 4.72 Å². The number of hydroxylamine groups is 2. The molecule has 1 aliphatic heterocycles. The minimum Gasteiger partial charge on any atom is -0.468 e. The number of ether oxygens (including phenoxy) is 1. The summed E-state index contributed by atoms with van der Waals surface area (Å²) in [6, 6.07) is 21.8. The topological polar surface area (TPSA) is 152 Å². The number of ketones is 1. The minimum absolute atomic E-state index is 0.00633. The number of nitrogens with two attached hydrogens (primary N) is 1. The number of hydrogen-bond acceptors (Lipinski definition) is 8. The van der Waals surface area contributed by atoms with Crippen molar-refractivity contribution in [2.75, 3.05) is 7.11 Å². The molecule has 3 atom stereocenters. The van der Waals surface area contributed by atoms with Crippen LogP contribution in [0.4, 0.5) is 0 Å². The van der Waals surface area contributed by atoms with E-state index in [-0.39, 0.29) is 35.4 Å². The molecule has 1 aliphatic rings. The molecular formula is C30H34N4O6S. The zero-order valence-corrected chi connectivity index (χ0v) is 23.8. The normalized spacial score (nSPS) is 18.1. The fourth-order valence-corrected chi connectivity index (χ4v) is 6.10. The number of nitrogens with zero attached hydrogens (tertiary/aromatic N) is 1. The molecule has 4 rings (SSSR count). The third kappa shape index (κ3) is 7.86. The molecule has 10 nitrogen and oxygen atoms in total. The summed E-state index contributed by atoms with van der Waals surface area (Å²) in [5.41, 5.74) is 8.93. The van der Waals surface area contributed by atoms with Gasteiger partial charge in [0.25, 0.3) is 0 Å². The van der Waals surface area contributed by atoms with Crippen molar-refractivity contribution in [1.82, 2.24) is 9.79 Å². The number of carbonyl (C=O) groups is 2. The monoisotopic (exact) mass is 578 g/mol. The number of nitrogens with one attached hydrogen (secondary N) is 2. The van der Waals surface area contributed by atoms with Crippen molar-refractivity contribution in [1.29, 1.82) is 5.41 Å². The molecular weight excluding hydrogens is 544 g/mol. The number of carbonyl (C=O) groups excluding carboxylic acids is 2. The summed E-state index contributed by atoms with van der Waals surface area (Å²) in [6.07, 6.45) is -0.396. The Labute approximate surface area is 240 Å². The first-order valence-electron chi connectivity index (χ1n) is 13.2. The van der Waals surface area contributed by atoms with Gasteiger partial charge in [-0.25, -0.2) is 8.42 Å². The molecule has 11 heteroatoms. The number of amidine groups is 1. The van der Waals surface area contributed by atoms with Gasteiger partial charge in [-0.3, -0.25) is 19.8 Å². The Balaban J connectivity index is 1.48. The second-order valence-electron chi connectivity index (χ2n) is 10.0. The molecule has 3 aromatic rings. The average Bonchev–Trinajstić information content (AvgIpc) is 3.34. The minimum atomic E-state index is -4.07. The standard InChI is InChI=1S/C30H34N4O6S/c1-20-7-6-10-26(15-20)41(37,38)33-27(30(36)39-2)17-24(35)16-25-18-28(22-11-13-23(14-12-22)29(31)32)34(40-25)19-21-8-4-3-5-9-21/h3-15,25,27-28,33H,16-19H2,1-2H3,(H3,31,32)/t25-,27+,28-/m1/s1. The smallest absolute Gasteiger partial charge is 0.324 e. The third-order valence-electron chi connectivity index (χ3n) is 6.88. The molecule has 0 radical (unpaired) electrons. The highest BCUT2D eigenvalue weighted by molar-refractivity contribution is 7.89. The number of Topliss-reactive ketones (excluding diaryl/α,β-unsaturated/α-hetero) is 1. The van der Waals surface area contributed by atoms with Crippen LogP contribution in [0, 0.1) is 12.3 Å². The molecule has 3 aromatic carbocycles. The van der Waals surface area contributed by atoms with Crippen molar-refractivity contribution < 1.29 is 27.6 Å². The Kier molecular flexibility index (Phi) is 9.66. The Morgan fingerprint density at radius 2 is 1.80 bits per heavy atom. The van der Waals surface area contributed by atoms with Gasteiger partial charge in [0.2, 0.25) is 10.0 Å². The molecule has 0 aromatic heterocycles. The van der Waals surface area contributed by atoms with Crippen LogP contribution < -0.4 is 10.5 Å². The van der Waals surface area contributed by atoms with Crippen molar-refractivity contribution in [2.24, 2.45) is 5.73 Å². The molecule has 216 valence electrons. The van der Waals surface area contributed by atoms with Gasteiger partial charge in [-0.2, -0.15) is 9.79 Å². The number of sulfonamides is 1. The van der Waals surface area contributed by atoms with Crippen LogP contribution in [-0.2, 0) is 35.7 Å². The van der Waals surface area contributed by atoms with E-state index in [1.807, 2.05) is 47.5 Å². The van der Waals surface area contributed by atoms with E-state index in [0.717, 1.165) is 23.8 Å². The number of methoxy groups -OCH3 is 1. The molecule has 4 N–H and O–H groups in total. The predicted molar refractivity (Wildman–Crippen MR) is 153 cm³/mol. The zero-order valence-electron chi connectivity index (χ0n) is 22.9. The van der Waals surface area contributed by atoms with E-state index >= 15 is 0 Å². The first-order chi connectivity index (χ1) is 19.6. The molecule has 1 saturated heterocycles. The second-order valence-corrected chi connectivity index (χ2v) is 11.7. The van der Waals surface area contributed by atoms with Crippen LogP contribution in [0.25, 0.3) is 0 Å². The predicted octanol–water partition coefficient (Wildman–Crippen LogP) is 3.40. The summed E-state index contributed by atoms with van der Waals surface area (Å²) >= 11 is 0. The lowest BCUT2D eigenvalue weighted by molar-refractivity contribution is -0.173. The largest absolute Gasteiger partial charge is 0.468 e. The molecule has 0 unspecified atom stereocenters. The Bertz CT molecular complexity index is 1490. The van der Waals surface area contributed by atoms with Gasteiger partial charge in [-0.05, 0) is 42.2 Å². The molecule has 41 heavy (non-hydrogen) atoms. The molecule has 1 heterocycles. The summed E-state index contributed by atoms with van der Waals surface area (Å²) < 4.78 is 33.0. The van der Waals surface area contributed by atoms with Gasteiger partial charge in [0.05, 0.1) is 24.2 Å². The summed E-state index contributed by atoms with van der Waals surface area (Å²) in [5, 5.41) is 9.48. The van der Waals surface area contributed by atoms with E-state index in [1.54, 1.807) is 31.2 Å². The Hall–Kier alpha value is -3.90. The van der Waals surface area contributed by atoms with E-state index < -0.39 is 28.1 Å². The number of rotatable bonds is 12. The van der Waals surface area contributed by atoms with Crippen LogP contribution in [0.1, 0.15) is 47.6 Å². The van der Waals surface area contributed by atoms with E-state index in [1.165, 1.54) is 12.1 Å². The molecule has 0 bridgehead atoms. The van der Waals surface area contributed by atoms with Crippen molar-refractivity contribution in [3.05, 3.63) is 101 Å². The van der Waals surface area contributed by atoms with Crippen molar-refractivity contribution in [3.8, 4) is 0 Å². The van der Waals surface area contributed by atoms with E-state index in [9.17, 15) is 18.0 Å². The lowest BCUT2D eigenvalue weighted by Gasteiger charge is -2.23. The summed E-state index contributed by atoms with van der Waals surface area (Å²) in [7, 11) is -2.93. The maximum atomic E-state index is 13.2. The van der Waals surface area contributed by atoms with E-state index in [0.29, 0.717) is 18.5 Å². The molecule has 1 fully saturated rings. The summed E-state index contributed by atoms with van der Waals surface area (Å²) in [4.78, 5) is 31.8. The summed E-state index contributed by atoms with van der Waals surface area (Å²) in [6.45, 7) is 2.24. The van der Waals surface area contributed by atoms with Gasteiger partial charge in [-0.15, -0.1) is 0 Å². The van der Waals surface area contributed by atoms with Crippen molar-refractivity contribution in [2.45, 2.75) is 55.8 Å². The zero-order chi connectivity index (χ0) is 29.6. The highest BCUT2D eigenvalue weighted by atomic mass is 32.2. The van der Waals surface area contributed by atoms with Crippen LogP contribution in [0.2, 0.25) is 0 Å². The van der Waals surface area contributed by atoms with Crippen LogP contribution in [0.15, 0.2) is 83.8 Å². The maximum Gasteiger partial charge on any atom is 0.324 e. The van der Waals surface area contributed by atoms with Gasteiger partial charge in [0.15, 0.2) is 0 Å². The first kappa shape index (κ1) is 30.1. The van der Waals surface area contributed by atoms with Gasteiger partial charge < -0.3 is 10.5 Å². The van der Waals surface area contributed by atoms with Crippen molar-refractivity contribution >= 4 is 27.6 Å². The fourth-order valence-electron chi connectivity index (χ4n) is 4.81. The van der Waals surface area contributed by atoms with Gasteiger partial charge in [-0.1, -0.05) is 66.7 Å². The number of benzene rings is 3. The second kappa shape index (κ2) is 13.2. The van der Waals surface area contributed by atoms with Gasteiger partial charge in [0, 0.05) is 24.9 Å². The van der Waals surface area contributed by atoms with Crippen LogP contribution in [0.5, 0.6) is 0 Å². The quantitative estimate of drug-likeness (QED) is 0.168. The number of nitrogen functional groups attached to an aromatic ring is 1. The Morgan fingerprint density at radius 3 is 2.44 bits per heavy atom. The van der Waals surface area contributed by atoms with Crippen LogP contribution in [-0.4, -0.2) is 50.3 Å². The van der Waals surface area contributed by atoms with E-state index in [4.69, 9.17) is 20.7 Å². The van der Waals surface area contributed by atoms with Gasteiger partial charge in [0.1, 0.15) is 17.7 Å².